The molecule has 1 N–H and O–H groups in total. The first-order valence-corrected chi connectivity index (χ1v) is 6.84. The van der Waals surface area contributed by atoms with Gasteiger partial charge < -0.3 is 10.1 Å². The van der Waals surface area contributed by atoms with Crippen molar-refractivity contribution >= 4 is 16.5 Å². The number of ether oxygens (including phenoxy) is 1. The molecule has 3 aromatic rings. The Morgan fingerprint density at radius 2 is 2.14 bits per heavy atom. The van der Waals surface area contributed by atoms with Gasteiger partial charge in [0.25, 0.3) is 0 Å². The number of aryl methyl sites for hydroxylation is 2. The third kappa shape index (κ3) is 2.42. The topological polar surface area (TPSA) is 52.0 Å². The number of pyridine rings is 1. The molecule has 0 amide bonds. The number of benzene rings is 1. The first kappa shape index (κ1) is 13.4. The number of hydrogen-bond acceptors (Lipinski definition) is 4. The zero-order valence-electron chi connectivity index (χ0n) is 12.4. The smallest absolute Gasteiger partial charge is 0.216 e. The van der Waals surface area contributed by atoms with Crippen LogP contribution < -0.4 is 10.1 Å². The molecule has 0 bridgehead atoms. The highest BCUT2D eigenvalue weighted by Crippen LogP contribution is 2.25. The van der Waals surface area contributed by atoms with Gasteiger partial charge in [-0.2, -0.15) is 5.10 Å². The first-order valence-electron chi connectivity index (χ1n) is 6.84. The molecule has 2 aromatic heterocycles. The van der Waals surface area contributed by atoms with Crippen molar-refractivity contribution in [1.82, 2.24) is 14.8 Å². The second kappa shape index (κ2) is 5.44. The van der Waals surface area contributed by atoms with Gasteiger partial charge in [-0.3, -0.25) is 4.98 Å². The summed E-state index contributed by atoms with van der Waals surface area (Å²) < 4.78 is 7.18. The van der Waals surface area contributed by atoms with E-state index in [0.29, 0.717) is 6.54 Å². The van der Waals surface area contributed by atoms with Crippen molar-refractivity contribution in [3.8, 4) is 5.88 Å². The third-order valence-corrected chi connectivity index (χ3v) is 3.62. The van der Waals surface area contributed by atoms with Crippen LogP contribution in [0.15, 0.2) is 36.7 Å². The molecule has 0 aliphatic rings. The largest absolute Gasteiger partial charge is 0.481 e. The van der Waals surface area contributed by atoms with Gasteiger partial charge in [-0.1, -0.05) is 12.1 Å². The van der Waals surface area contributed by atoms with Gasteiger partial charge in [0, 0.05) is 37.1 Å². The molecule has 0 unspecified atom stereocenters. The van der Waals surface area contributed by atoms with Crippen molar-refractivity contribution in [2.75, 3.05) is 12.4 Å². The lowest BCUT2D eigenvalue weighted by Gasteiger charge is -2.10. The summed E-state index contributed by atoms with van der Waals surface area (Å²) in [5, 5.41) is 10.1. The summed E-state index contributed by atoms with van der Waals surface area (Å²) in [5.74, 6) is 0.790. The minimum absolute atomic E-state index is 0.664. The number of nitrogens with zero attached hydrogens (tertiary/aromatic N) is 3. The maximum atomic E-state index is 5.42. The molecule has 1 aromatic carbocycles. The highest BCUT2D eigenvalue weighted by molar-refractivity contribution is 5.93. The van der Waals surface area contributed by atoms with E-state index in [-0.39, 0.29) is 0 Å². The Balaban J connectivity index is 1.91. The molecule has 108 valence electrons. The van der Waals surface area contributed by atoms with Crippen LogP contribution in [0.4, 0.5) is 5.69 Å². The predicted molar refractivity (Wildman–Crippen MR) is 83.6 cm³/mol. The number of fused-ring (bicyclic) bond motifs is 1. The van der Waals surface area contributed by atoms with Crippen LogP contribution in [-0.4, -0.2) is 21.9 Å². The van der Waals surface area contributed by atoms with Crippen LogP contribution in [0.2, 0.25) is 0 Å². The van der Waals surface area contributed by atoms with Crippen LogP contribution in [0.1, 0.15) is 11.3 Å². The summed E-state index contributed by atoms with van der Waals surface area (Å²) in [7, 11) is 3.55. The molecule has 0 saturated carbocycles. The van der Waals surface area contributed by atoms with Crippen LogP contribution >= 0.6 is 0 Å². The Labute approximate surface area is 123 Å². The molecule has 0 saturated heterocycles. The molecule has 3 rings (SSSR count). The van der Waals surface area contributed by atoms with Crippen molar-refractivity contribution in [1.29, 1.82) is 0 Å². The van der Waals surface area contributed by atoms with Gasteiger partial charge in [0.15, 0.2) is 0 Å². The number of anilines is 1. The number of hydrogen-bond donors (Lipinski definition) is 1. The molecule has 0 fully saturated rings. The Bertz CT molecular complexity index is 774. The normalized spacial score (nSPS) is 10.8. The third-order valence-electron chi connectivity index (χ3n) is 3.62. The van der Waals surface area contributed by atoms with Crippen LogP contribution in [0, 0.1) is 6.92 Å². The van der Waals surface area contributed by atoms with E-state index in [1.165, 1.54) is 5.39 Å². The molecule has 21 heavy (non-hydrogen) atoms. The molecule has 0 aliphatic carbocycles. The molecule has 5 nitrogen and oxygen atoms in total. The van der Waals surface area contributed by atoms with Crippen LogP contribution in [-0.2, 0) is 13.6 Å². The predicted octanol–water partition coefficient (Wildman–Crippen LogP) is 2.90. The Morgan fingerprint density at radius 3 is 2.95 bits per heavy atom. The monoisotopic (exact) mass is 282 g/mol. The van der Waals surface area contributed by atoms with Crippen molar-refractivity contribution < 1.29 is 4.74 Å². The van der Waals surface area contributed by atoms with Crippen LogP contribution in [0.25, 0.3) is 10.8 Å². The molecular formula is C16H18N4O. The fourth-order valence-corrected chi connectivity index (χ4v) is 2.59. The number of aromatic nitrogens is 3. The lowest BCUT2D eigenvalue weighted by atomic mass is 10.1. The van der Waals surface area contributed by atoms with E-state index in [2.05, 4.69) is 27.5 Å². The van der Waals surface area contributed by atoms with Crippen molar-refractivity contribution in [2.24, 2.45) is 7.05 Å². The van der Waals surface area contributed by atoms with Crippen molar-refractivity contribution in [3.63, 3.8) is 0 Å². The van der Waals surface area contributed by atoms with Gasteiger partial charge >= 0.3 is 0 Å². The minimum Gasteiger partial charge on any atom is -0.481 e. The maximum absolute atomic E-state index is 5.42. The summed E-state index contributed by atoms with van der Waals surface area (Å²) >= 11 is 0. The lowest BCUT2D eigenvalue weighted by molar-refractivity contribution is 0.370. The quantitative estimate of drug-likeness (QED) is 0.799. The summed E-state index contributed by atoms with van der Waals surface area (Å²) in [5.41, 5.74) is 3.10. The van der Waals surface area contributed by atoms with Gasteiger partial charge in [0.05, 0.1) is 18.4 Å². The van der Waals surface area contributed by atoms with Gasteiger partial charge in [0.1, 0.15) is 0 Å². The average Bonchev–Trinajstić information content (AvgIpc) is 2.78. The molecule has 2 heterocycles. The first-order chi connectivity index (χ1) is 10.2. The molecule has 5 heteroatoms. The van der Waals surface area contributed by atoms with Crippen molar-refractivity contribution in [3.05, 3.63) is 47.9 Å². The van der Waals surface area contributed by atoms with E-state index in [1.54, 1.807) is 18.0 Å². The number of nitrogens with one attached hydrogen (secondary N) is 1. The second-order valence-corrected chi connectivity index (χ2v) is 4.95. The van der Waals surface area contributed by atoms with Crippen LogP contribution in [0.3, 0.4) is 0 Å². The molecule has 0 spiro atoms. The minimum atomic E-state index is 0.664. The fourth-order valence-electron chi connectivity index (χ4n) is 2.59. The van der Waals surface area contributed by atoms with Crippen LogP contribution in [0.5, 0.6) is 5.88 Å². The van der Waals surface area contributed by atoms with E-state index < -0.39 is 0 Å². The summed E-state index contributed by atoms with van der Waals surface area (Å²) in [4.78, 5) is 4.20. The van der Waals surface area contributed by atoms with Gasteiger partial charge in [-0.25, -0.2) is 4.68 Å². The SMILES string of the molecule is COc1c(CNc2cccc3ccncc23)c(C)nn1C. The second-order valence-electron chi connectivity index (χ2n) is 4.95. The zero-order chi connectivity index (χ0) is 14.8. The fraction of sp³-hybridized carbons (Fsp3) is 0.250. The van der Waals surface area contributed by atoms with E-state index in [1.807, 2.05) is 32.3 Å². The number of methoxy groups -OCH3 is 1. The Morgan fingerprint density at radius 1 is 1.29 bits per heavy atom. The van der Waals surface area contributed by atoms with E-state index in [4.69, 9.17) is 4.74 Å². The lowest BCUT2D eigenvalue weighted by Crippen LogP contribution is -2.03. The van der Waals surface area contributed by atoms with Gasteiger partial charge in [-0.15, -0.1) is 0 Å². The molecule has 0 aliphatic heterocycles. The average molecular weight is 282 g/mol. The highest BCUT2D eigenvalue weighted by Gasteiger charge is 2.13. The zero-order valence-corrected chi connectivity index (χ0v) is 12.4. The summed E-state index contributed by atoms with van der Waals surface area (Å²) in [6.07, 6.45) is 3.69. The standard InChI is InChI=1S/C16H18N4O/c1-11-13(16(21-3)20(2)19-11)10-18-15-6-4-5-12-7-8-17-9-14(12)15/h4-9,18H,10H2,1-3H3. The number of rotatable bonds is 4. The van der Waals surface area contributed by atoms with E-state index in [0.717, 1.165) is 28.2 Å². The van der Waals surface area contributed by atoms with Gasteiger partial charge in [0.2, 0.25) is 5.88 Å². The summed E-state index contributed by atoms with van der Waals surface area (Å²) in [6, 6.07) is 8.19. The van der Waals surface area contributed by atoms with E-state index in [9.17, 15) is 0 Å². The van der Waals surface area contributed by atoms with Crippen molar-refractivity contribution in [2.45, 2.75) is 13.5 Å². The Hall–Kier alpha value is -2.56. The van der Waals surface area contributed by atoms with E-state index >= 15 is 0 Å². The molecule has 0 atom stereocenters. The Kier molecular flexibility index (Phi) is 3.48. The highest BCUT2D eigenvalue weighted by atomic mass is 16.5. The maximum Gasteiger partial charge on any atom is 0.216 e. The van der Waals surface area contributed by atoms with Gasteiger partial charge in [-0.05, 0) is 24.4 Å². The molecular weight excluding hydrogens is 264 g/mol. The summed E-state index contributed by atoms with van der Waals surface area (Å²) in [6.45, 7) is 2.65. The molecule has 0 radical (unpaired) electrons.